The van der Waals surface area contributed by atoms with Gasteiger partial charge in [-0.3, -0.25) is 9.59 Å². The number of rotatable bonds is 8. The van der Waals surface area contributed by atoms with Crippen molar-refractivity contribution in [3.05, 3.63) is 83.9 Å². The highest BCUT2D eigenvalue weighted by Gasteiger charge is 2.69. The second kappa shape index (κ2) is 10.9. The summed E-state index contributed by atoms with van der Waals surface area (Å²) < 4.78 is 0. The van der Waals surface area contributed by atoms with E-state index in [2.05, 4.69) is 0 Å². The Morgan fingerprint density at radius 1 is 0.765 bits per heavy atom. The lowest BCUT2D eigenvalue weighted by atomic mass is 9.73. The summed E-state index contributed by atoms with van der Waals surface area (Å²) in [6.45, 7) is 0.240. The monoisotopic (exact) mass is 471 g/mol. The lowest BCUT2D eigenvalue weighted by Gasteiger charge is -2.34. The van der Waals surface area contributed by atoms with Crippen LogP contribution < -0.4 is 5.73 Å². The Kier molecular flexibility index (Phi) is 8.55. The molecule has 10 nitrogen and oxygen atoms in total. The normalized spacial score (nSPS) is 20.2. The number of aliphatic hydroxyl groups is 3. The number of aliphatic carboxylic acids is 2. The van der Waals surface area contributed by atoms with Crippen molar-refractivity contribution < 1.29 is 44.7 Å². The van der Waals surface area contributed by atoms with Crippen LogP contribution >= 0.6 is 0 Å². The van der Waals surface area contributed by atoms with Gasteiger partial charge in [-0.2, -0.15) is 0 Å². The predicted molar refractivity (Wildman–Crippen MR) is 119 cm³/mol. The number of hydrogen-bond acceptors (Lipinski definition) is 8. The molecule has 0 bridgehead atoms. The van der Waals surface area contributed by atoms with Gasteiger partial charge in [0.2, 0.25) is 11.6 Å². The number of Topliss-reactive ketones (excluding diaryl/α,β-unsaturated/α-hetero) is 2. The maximum absolute atomic E-state index is 12.6. The van der Waals surface area contributed by atoms with Crippen molar-refractivity contribution in [2.75, 3.05) is 6.61 Å². The van der Waals surface area contributed by atoms with E-state index in [9.17, 15) is 39.6 Å². The summed E-state index contributed by atoms with van der Waals surface area (Å²) in [7, 11) is 0. The summed E-state index contributed by atoms with van der Waals surface area (Å²) >= 11 is 0. The number of carbonyl (C=O) groups is 4. The van der Waals surface area contributed by atoms with E-state index in [0.29, 0.717) is 5.92 Å². The number of ketones is 2. The molecule has 0 saturated carbocycles. The van der Waals surface area contributed by atoms with E-state index in [1.165, 1.54) is 36.4 Å². The average molecular weight is 471 g/mol. The fraction of sp³-hybridized carbons (Fsp3) is 0.250. The summed E-state index contributed by atoms with van der Waals surface area (Å²) in [5, 5.41) is 48.4. The quantitative estimate of drug-likeness (QED) is 0.177. The number of carboxylic acid groups (broad SMARTS) is 2. The molecule has 1 aliphatic rings. The summed E-state index contributed by atoms with van der Waals surface area (Å²) in [5.41, 5.74) is -3.18. The van der Waals surface area contributed by atoms with Gasteiger partial charge in [0, 0.05) is 29.7 Å². The van der Waals surface area contributed by atoms with Crippen LogP contribution in [0.3, 0.4) is 0 Å². The molecule has 34 heavy (non-hydrogen) atoms. The minimum absolute atomic E-state index is 0.187. The molecule has 0 radical (unpaired) electrons. The number of hydrogen-bond donors (Lipinski definition) is 6. The van der Waals surface area contributed by atoms with Gasteiger partial charge in [0.25, 0.3) is 11.2 Å². The summed E-state index contributed by atoms with van der Waals surface area (Å²) in [6.07, 6.45) is 4.84. The van der Waals surface area contributed by atoms with Gasteiger partial charge in [-0.25, -0.2) is 9.59 Å². The molecule has 3 rings (SSSR count). The molecule has 0 saturated heterocycles. The zero-order chi connectivity index (χ0) is 25.5. The zero-order valence-corrected chi connectivity index (χ0v) is 17.9. The maximum Gasteiger partial charge on any atom is 0.348 e. The lowest BCUT2D eigenvalue weighted by Crippen LogP contribution is -2.71. The van der Waals surface area contributed by atoms with Crippen LogP contribution in [0.5, 0.6) is 0 Å². The first-order valence-corrected chi connectivity index (χ1v) is 10.2. The third-order valence-electron chi connectivity index (χ3n) is 5.31. The molecule has 7 N–H and O–H groups in total. The van der Waals surface area contributed by atoms with Crippen LogP contribution in [0, 0.1) is 5.92 Å². The lowest BCUT2D eigenvalue weighted by molar-refractivity contribution is -0.187. The van der Waals surface area contributed by atoms with Crippen LogP contribution in [-0.2, 0) is 9.59 Å². The first kappa shape index (κ1) is 26.6. The first-order chi connectivity index (χ1) is 16.0. The van der Waals surface area contributed by atoms with Gasteiger partial charge in [0.15, 0.2) is 0 Å². The second-order valence-electron chi connectivity index (χ2n) is 7.65. The molecule has 10 heteroatoms. The van der Waals surface area contributed by atoms with E-state index < -0.39 is 45.8 Å². The largest absolute Gasteiger partial charge is 0.479 e. The van der Waals surface area contributed by atoms with E-state index in [0.717, 1.165) is 30.7 Å². The molecule has 180 valence electrons. The molecular formula is C24H25NO9. The van der Waals surface area contributed by atoms with Crippen molar-refractivity contribution in [1.82, 2.24) is 0 Å². The fourth-order valence-electron chi connectivity index (χ4n) is 3.37. The molecular weight excluding hydrogens is 446 g/mol. The van der Waals surface area contributed by atoms with Crippen LogP contribution in [0.2, 0.25) is 0 Å². The van der Waals surface area contributed by atoms with E-state index in [-0.39, 0.29) is 12.6 Å². The van der Waals surface area contributed by atoms with Crippen LogP contribution in [0.1, 0.15) is 27.1 Å². The van der Waals surface area contributed by atoms with E-state index >= 15 is 0 Å². The second-order valence-corrected chi connectivity index (χ2v) is 7.65. The van der Waals surface area contributed by atoms with Gasteiger partial charge >= 0.3 is 11.9 Å². The molecule has 0 aromatic heterocycles. The third kappa shape index (κ3) is 5.10. The van der Waals surface area contributed by atoms with Gasteiger partial charge < -0.3 is 31.3 Å². The van der Waals surface area contributed by atoms with Crippen molar-refractivity contribution >= 4 is 23.5 Å². The van der Waals surface area contributed by atoms with Crippen molar-refractivity contribution in [2.24, 2.45) is 11.7 Å². The Morgan fingerprint density at radius 3 is 1.38 bits per heavy atom. The van der Waals surface area contributed by atoms with Gasteiger partial charge in [-0.1, -0.05) is 72.8 Å². The van der Waals surface area contributed by atoms with Crippen LogP contribution in [0.25, 0.3) is 0 Å². The highest BCUT2D eigenvalue weighted by molar-refractivity contribution is 6.28. The fourth-order valence-corrected chi connectivity index (χ4v) is 3.37. The average Bonchev–Trinajstić information content (AvgIpc) is 3.28. The first-order valence-electron chi connectivity index (χ1n) is 10.2. The van der Waals surface area contributed by atoms with Gasteiger partial charge in [0.05, 0.1) is 0 Å². The Balaban J connectivity index is 0.000000430. The van der Waals surface area contributed by atoms with E-state index in [1.807, 2.05) is 12.2 Å². The maximum atomic E-state index is 12.6. The standard InChI is InChI=1S/C18H14O8.C6H11NO/c19-13(11-7-3-1-4-8-11)17(25,15(21)22)18(26,16(23)24)14(20)12-9-5-2-6-10-12;7-6-2-1-5(3-6)4-8/h1-10,25-26H,(H,21,22)(H,23,24);1-2,5-6,8H,3-4,7H2/t;5-,6+/m.1/s1. The van der Waals surface area contributed by atoms with Gasteiger partial charge in [0.1, 0.15) is 0 Å². The van der Waals surface area contributed by atoms with Crippen LogP contribution in [0.15, 0.2) is 72.8 Å². The van der Waals surface area contributed by atoms with Crippen molar-refractivity contribution in [3.8, 4) is 0 Å². The van der Waals surface area contributed by atoms with Crippen LogP contribution in [0.4, 0.5) is 0 Å². The predicted octanol–water partition coefficient (Wildman–Crippen LogP) is 0.266. The summed E-state index contributed by atoms with van der Waals surface area (Å²) in [4.78, 5) is 48.5. The van der Waals surface area contributed by atoms with Gasteiger partial charge in [-0.05, 0) is 6.42 Å². The molecule has 0 fully saturated rings. The topological polar surface area (TPSA) is 195 Å². The molecule has 2 aromatic carbocycles. The number of nitrogens with two attached hydrogens (primary N) is 1. The number of carboxylic acids is 2. The Hall–Kier alpha value is -3.70. The number of aliphatic hydroxyl groups excluding tert-OH is 1. The van der Waals surface area contributed by atoms with Crippen LogP contribution in [-0.4, -0.2) is 72.9 Å². The molecule has 0 heterocycles. The molecule has 0 aliphatic heterocycles. The number of benzene rings is 2. The van der Waals surface area contributed by atoms with Crippen molar-refractivity contribution in [1.29, 1.82) is 0 Å². The highest BCUT2D eigenvalue weighted by atomic mass is 16.5. The minimum atomic E-state index is -3.95. The summed E-state index contributed by atoms with van der Waals surface area (Å²) in [6, 6.07) is 13.0. The van der Waals surface area contributed by atoms with Crippen molar-refractivity contribution in [3.63, 3.8) is 0 Å². The minimum Gasteiger partial charge on any atom is -0.479 e. The molecule has 4 atom stereocenters. The SMILES string of the molecule is N[C@H]1C=C[C@@H](CO)C1.O=C(O)C(O)(C(=O)c1ccccc1)C(O)(C(=O)O)C(=O)c1ccccc1. The third-order valence-corrected chi connectivity index (χ3v) is 5.31. The summed E-state index contributed by atoms with van der Waals surface area (Å²) in [5.74, 6) is -7.70. The molecule has 1 aliphatic carbocycles. The molecule has 2 unspecified atom stereocenters. The van der Waals surface area contributed by atoms with Crippen molar-refractivity contribution in [2.45, 2.75) is 23.7 Å². The molecule has 2 aromatic rings. The van der Waals surface area contributed by atoms with Gasteiger partial charge in [-0.15, -0.1) is 0 Å². The Bertz CT molecular complexity index is 997. The Morgan fingerprint density at radius 2 is 1.15 bits per heavy atom. The van der Waals surface area contributed by atoms with E-state index in [4.69, 9.17) is 10.8 Å². The smallest absolute Gasteiger partial charge is 0.348 e. The van der Waals surface area contributed by atoms with E-state index in [1.54, 1.807) is 0 Å². The molecule has 0 amide bonds. The molecule has 0 spiro atoms. The number of carbonyl (C=O) groups excluding carboxylic acids is 2. The zero-order valence-electron chi connectivity index (χ0n) is 17.9. The Labute approximate surface area is 194 Å². The highest BCUT2D eigenvalue weighted by Crippen LogP contribution is 2.31.